The fraction of sp³-hybridized carbons (Fsp3) is 0.500. The highest BCUT2D eigenvalue weighted by atomic mass is 35.5. The summed E-state index contributed by atoms with van der Waals surface area (Å²) >= 11 is 5.81. The van der Waals surface area contributed by atoms with Gasteiger partial charge in [0.25, 0.3) is 0 Å². The fourth-order valence-electron chi connectivity index (χ4n) is 1.67. The lowest BCUT2D eigenvalue weighted by Crippen LogP contribution is -2.40. The van der Waals surface area contributed by atoms with Gasteiger partial charge in [0.15, 0.2) is 0 Å². The highest BCUT2D eigenvalue weighted by Gasteiger charge is 2.19. The minimum atomic E-state index is -0.375. The third kappa shape index (κ3) is 5.00. The van der Waals surface area contributed by atoms with Crippen molar-refractivity contribution in [3.8, 4) is 0 Å². The van der Waals surface area contributed by atoms with Gasteiger partial charge < -0.3 is 16.2 Å². The second kappa shape index (κ2) is 7.47. The predicted octanol–water partition coefficient (Wildman–Crippen LogP) is 1.95. The van der Waals surface area contributed by atoms with Crippen LogP contribution in [0.5, 0.6) is 0 Å². The van der Waals surface area contributed by atoms with Gasteiger partial charge >= 0.3 is 0 Å². The number of likely N-dealkylation sites (N-methyl/N-ethyl adjacent to an activating group) is 1. The number of anilines is 2. The van der Waals surface area contributed by atoms with Crippen molar-refractivity contribution in [2.45, 2.75) is 32.4 Å². The molecule has 0 aliphatic carbocycles. The van der Waals surface area contributed by atoms with Gasteiger partial charge in [-0.3, -0.25) is 9.69 Å². The lowest BCUT2D eigenvalue weighted by molar-refractivity contribution is -0.120. The van der Waals surface area contributed by atoms with Gasteiger partial charge in [0.2, 0.25) is 5.91 Å². The lowest BCUT2D eigenvalue weighted by atomic mass is 10.2. The molecule has 0 aromatic heterocycles. The van der Waals surface area contributed by atoms with E-state index in [-0.39, 0.29) is 18.1 Å². The van der Waals surface area contributed by atoms with Gasteiger partial charge in [0, 0.05) is 11.6 Å². The van der Waals surface area contributed by atoms with Crippen LogP contribution in [0.15, 0.2) is 18.2 Å². The number of nitrogens with zero attached hydrogens (tertiary/aromatic N) is 1. The number of benzene rings is 1. The van der Waals surface area contributed by atoms with Crippen LogP contribution in [-0.2, 0) is 4.79 Å². The number of amides is 1. The van der Waals surface area contributed by atoms with E-state index < -0.39 is 0 Å². The van der Waals surface area contributed by atoms with Crippen LogP contribution < -0.4 is 11.1 Å². The molecule has 4 N–H and O–H groups in total. The van der Waals surface area contributed by atoms with E-state index in [1.54, 1.807) is 25.1 Å². The maximum Gasteiger partial charge on any atom is 0.241 e. The summed E-state index contributed by atoms with van der Waals surface area (Å²) in [6.45, 7) is 4.18. The van der Waals surface area contributed by atoms with Crippen molar-refractivity contribution in [1.82, 2.24) is 4.90 Å². The Kier molecular flexibility index (Phi) is 6.26. The Morgan fingerprint density at radius 2 is 2.15 bits per heavy atom. The van der Waals surface area contributed by atoms with Crippen LogP contribution in [0.4, 0.5) is 11.4 Å². The topological polar surface area (TPSA) is 78.6 Å². The summed E-state index contributed by atoms with van der Waals surface area (Å²) in [4.78, 5) is 14.0. The second-order valence-electron chi connectivity index (χ2n) is 5.02. The highest BCUT2D eigenvalue weighted by molar-refractivity contribution is 6.31. The zero-order valence-corrected chi connectivity index (χ0v) is 12.8. The molecule has 5 nitrogen and oxygen atoms in total. The number of rotatable bonds is 6. The first-order valence-electron chi connectivity index (χ1n) is 6.55. The van der Waals surface area contributed by atoms with E-state index in [0.29, 0.717) is 29.4 Å². The summed E-state index contributed by atoms with van der Waals surface area (Å²) in [6.07, 6.45) is 0.247. The van der Waals surface area contributed by atoms with Crippen LogP contribution in [0.3, 0.4) is 0 Å². The Labute approximate surface area is 124 Å². The third-order valence-corrected chi connectivity index (χ3v) is 3.45. The Morgan fingerprint density at radius 3 is 2.70 bits per heavy atom. The van der Waals surface area contributed by atoms with Crippen LogP contribution in [-0.4, -0.2) is 41.7 Å². The van der Waals surface area contributed by atoms with Crippen LogP contribution in [0.2, 0.25) is 5.02 Å². The standard InChI is InChI=1S/C14H22ClN3O2/c1-9(19)6-7-18(3)10(2)14(20)17-13-5-4-11(15)8-12(13)16/h4-5,8-10,19H,6-7,16H2,1-3H3,(H,17,20). The molecule has 0 aliphatic rings. The number of aliphatic hydroxyl groups excluding tert-OH is 1. The molecular formula is C14H22ClN3O2. The average molecular weight is 300 g/mol. The Morgan fingerprint density at radius 1 is 1.50 bits per heavy atom. The maximum absolute atomic E-state index is 12.1. The number of halogens is 1. The Hall–Kier alpha value is -1.30. The lowest BCUT2D eigenvalue weighted by Gasteiger charge is -2.24. The summed E-state index contributed by atoms with van der Waals surface area (Å²) < 4.78 is 0. The van der Waals surface area contributed by atoms with Crippen LogP contribution >= 0.6 is 11.6 Å². The molecule has 2 unspecified atom stereocenters. The Bertz CT molecular complexity index is 466. The van der Waals surface area contributed by atoms with Crippen LogP contribution in [0.1, 0.15) is 20.3 Å². The number of hydrogen-bond acceptors (Lipinski definition) is 4. The monoisotopic (exact) mass is 299 g/mol. The summed E-state index contributed by atoms with van der Waals surface area (Å²) in [5.41, 5.74) is 6.78. The molecule has 0 radical (unpaired) electrons. The van der Waals surface area contributed by atoms with E-state index in [9.17, 15) is 9.90 Å². The molecule has 1 rings (SSSR count). The maximum atomic E-state index is 12.1. The van der Waals surface area contributed by atoms with E-state index >= 15 is 0 Å². The van der Waals surface area contributed by atoms with E-state index in [0.717, 1.165) is 0 Å². The van der Waals surface area contributed by atoms with Crippen LogP contribution in [0, 0.1) is 0 Å². The number of nitrogens with one attached hydrogen (secondary N) is 1. The molecule has 1 aromatic carbocycles. The molecule has 0 heterocycles. The SMILES string of the molecule is CC(O)CCN(C)C(C)C(=O)Nc1ccc(Cl)cc1N. The number of hydrogen-bond donors (Lipinski definition) is 3. The minimum absolute atomic E-state index is 0.146. The highest BCUT2D eigenvalue weighted by Crippen LogP contribution is 2.22. The number of carbonyl (C=O) groups excluding carboxylic acids is 1. The van der Waals surface area contributed by atoms with Gasteiger partial charge in [-0.15, -0.1) is 0 Å². The summed E-state index contributed by atoms with van der Waals surface area (Å²) in [7, 11) is 1.85. The molecule has 2 atom stereocenters. The molecule has 0 saturated heterocycles. The quantitative estimate of drug-likeness (QED) is 0.702. The smallest absolute Gasteiger partial charge is 0.241 e. The van der Waals surface area contributed by atoms with Gasteiger partial charge in [-0.1, -0.05) is 11.6 Å². The van der Waals surface area contributed by atoms with Gasteiger partial charge in [0.1, 0.15) is 0 Å². The summed E-state index contributed by atoms with van der Waals surface area (Å²) in [6, 6.07) is 4.63. The first-order valence-corrected chi connectivity index (χ1v) is 6.93. The van der Waals surface area contributed by atoms with Crippen molar-refractivity contribution >= 4 is 28.9 Å². The fourth-order valence-corrected chi connectivity index (χ4v) is 1.85. The second-order valence-corrected chi connectivity index (χ2v) is 5.45. The zero-order chi connectivity index (χ0) is 15.3. The first-order chi connectivity index (χ1) is 9.31. The molecule has 20 heavy (non-hydrogen) atoms. The number of nitrogens with two attached hydrogens (primary N) is 1. The third-order valence-electron chi connectivity index (χ3n) is 3.21. The molecule has 0 aliphatic heterocycles. The van der Waals surface area contributed by atoms with E-state index in [1.807, 2.05) is 18.9 Å². The van der Waals surface area contributed by atoms with Crippen molar-refractivity contribution in [1.29, 1.82) is 0 Å². The van der Waals surface area contributed by atoms with E-state index in [2.05, 4.69) is 5.32 Å². The molecule has 0 fully saturated rings. The van der Waals surface area contributed by atoms with Crippen molar-refractivity contribution in [2.75, 3.05) is 24.6 Å². The number of nitrogen functional groups attached to an aromatic ring is 1. The predicted molar refractivity (Wildman–Crippen MR) is 82.9 cm³/mol. The number of carbonyl (C=O) groups is 1. The summed E-state index contributed by atoms with van der Waals surface area (Å²) in [5.74, 6) is -0.146. The zero-order valence-electron chi connectivity index (χ0n) is 12.1. The largest absolute Gasteiger partial charge is 0.397 e. The van der Waals surface area contributed by atoms with Crippen molar-refractivity contribution < 1.29 is 9.90 Å². The molecule has 6 heteroatoms. The molecule has 1 aromatic rings. The van der Waals surface area contributed by atoms with Gasteiger partial charge in [-0.2, -0.15) is 0 Å². The minimum Gasteiger partial charge on any atom is -0.397 e. The molecule has 0 bridgehead atoms. The molecule has 0 spiro atoms. The van der Waals surface area contributed by atoms with Crippen molar-refractivity contribution in [3.05, 3.63) is 23.2 Å². The van der Waals surface area contributed by atoms with Crippen LogP contribution in [0.25, 0.3) is 0 Å². The van der Waals surface area contributed by atoms with Crippen molar-refractivity contribution in [3.63, 3.8) is 0 Å². The van der Waals surface area contributed by atoms with Gasteiger partial charge in [-0.05, 0) is 45.5 Å². The normalized spacial score (nSPS) is 14.1. The van der Waals surface area contributed by atoms with E-state index in [1.165, 1.54) is 0 Å². The van der Waals surface area contributed by atoms with Gasteiger partial charge in [-0.25, -0.2) is 0 Å². The van der Waals surface area contributed by atoms with Crippen molar-refractivity contribution in [2.24, 2.45) is 0 Å². The van der Waals surface area contributed by atoms with Gasteiger partial charge in [0.05, 0.1) is 23.5 Å². The molecule has 1 amide bonds. The number of aliphatic hydroxyl groups is 1. The molecule has 0 saturated carbocycles. The molecular weight excluding hydrogens is 278 g/mol. The Balaban J connectivity index is 2.61. The summed E-state index contributed by atoms with van der Waals surface area (Å²) in [5, 5.41) is 12.6. The first kappa shape index (κ1) is 16.8. The molecule has 112 valence electrons. The average Bonchev–Trinajstić information content (AvgIpc) is 2.38. The van der Waals surface area contributed by atoms with E-state index in [4.69, 9.17) is 17.3 Å².